The minimum absolute atomic E-state index is 0. The van der Waals surface area contributed by atoms with Crippen LogP contribution in [0.3, 0.4) is 0 Å². The molecular formula is C45H47Cl2N5O4. The standard InChI is InChI=1S/C45H46ClN5O4.ClH/c1-47(22-23-55-3)29-36-24-30-8-4-5-9-32(30)28-50(36)44(53)38-17-11-33(46)26-39(38)43-27-40(42-10-6-7-20-49(42)43)45(54)51(34-12-15-37(52)16-13-34)35-14-18-41-31(25-35)19-21-48(41)2;/h4-5,8-9,11-19,21,25-27,36,52H,6-7,10,20,22-24,28-29H2,1-3H3;1H/t36-;/m0./s1. The van der Waals surface area contributed by atoms with E-state index in [4.69, 9.17) is 16.3 Å². The van der Waals surface area contributed by atoms with E-state index in [2.05, 4.69) is 39.3 Å². The zero-order valence-electron chi connectivity index (χ0n) is 32.0. The number of ether oxygens (including phenoxy) is 1. The van der Waals surface area contributed by atoms with Crippen LogP contribution in [0.2, 0.25) is 5.02 Å². The first-order valence-electron chi connectivity index (χ1n) is 19.0. The highest BCUT2D eigenvalue weighted by Gasteiger charge is 2.34. The summed E-state index contributed by atoms with van der Waals surface area (Å²) >= 11 is 6.75. The first-order valence-corrected chi connectivity index (χ1v) is 19.3. The molecule has 0 saturated carbocycles. The van der Waals surface area contributed by atoms with Crippen LogP contribution in [-0.4, -0.2) is 75.8 Å². The zero-order valence-corrected chi connectivity index (χ0v) is 33.5. The lowest BCUT2D eigenvalue weighted by atomic mass is 9.92. The number of fused-ring (bicyclic) bond motifs is 3. The Balaban J connectivity index is 0.00000480. The Labute approximate surface area is 339 Å². The van der Waals surface area contributed by atoms with Crippen LogP contribution >= 0.6 is 24.0 Å². The van der Waals surface area contributed by atoms with Gasteiger partial charge in [0.1, 0.15) is 5.75 Å². The van der Waals surface area contributed by atoms with Crippen LogP contribution in [0.1, 0.15) is 50.4 Å². The molecule has 0 saturated heterocycles. The van der Waals surface area contributed by atoms with Crippen LogP contribution < -0.4 is 4.90 Å². The van der Waals surface area contributed by atoms with Gasteiger partial charge in [0.25, 0.3) is 11.8 Å². The van der Waals surface area contributed by atoms with E-state index in [1.54, 1.807) is 42.3 Å². The molecule has 0 aliphatic carbocycles. The molecule has 8 rings (SSSR count). The second kappa shape index (κ2) is 16.6. The molecule has 4 aromatic carbocycles. The summed E-state index contributed by atoms with van der Waals surface area (Å²) in [6, 6.07) is 30.6. The second-order valence-corrected chi connectivity index (χ2v) is 15.3. The van der Waals surface area contributed by atoms with Crippen molar-refractivity contribution < 1.29 is 19.4 Å². The highest BCUT2D eigenvalue weighted by atomic mass is 35.5. The number of carbonyl (C=O) groups excluding carboxylic acids is 2. The third kappa shape index (κ3) is 7.56. The van der Waals surface area contributed by atoms with Gasteiger partial charge in [0.15, 0.2) is 0 Å². The summed E-state index contributed by atoms with van der Waals surface area (Å²) in [5, 5.41) is 11.7. The van der Waals surface area contributed by atoms with Crippen molar-refractivity contribution in [2.24, 2.45) is 7.05 Å². The lowest BCUT2D eigenvalue weighted by molar-refractivity contribution is 0.0579. The molecule has 2 amide bonds. The van der Waals surface area contributed by atoms with Crippen molar-refractivity contribution in [3.8, 4) is 17.0 Å². The largest absolute Gasteiger partial charge is 0.508 e. The lowest BCUT2D eigenvalue weighted by Crippen LogP contribution is -2.50. The molecular weight excluding hydrogens is 745 g/mol. The minimum Gasteiger partial charge on any atom is -0.508 e. The fourth-order valence-corrected chi connectivity index (χ4v) is 8.53. The Bertz CT molecular complexity index is 2390. The summed E-state index contributed by atoms with van der Waals surface area (Å²) in [4.78, 5) is 36.0. The van der Waals surface area contributed by atoms with Crippen molar-refractivity contribution in [1.29, 1.82) is 0 Å². The predicted octanol–water partition coefficient (Wildman–Crippen LogP) is 8.89. The molecule has 1 atom stereocenters. The maximum Gasteiger partial charge on any atom is 0.264 e. The molecule has 4 heterocycles. The minimum atomic E-state index is -0.181. The predicted molar refractivity (Wildman–Crippen MR) is 226 cm³/mol. The van der Waals surface area contributed by atoms with Gasteiger partial charge in [-0.1, -0.05) is 35.9 Å². The fourth-order valence-electron chi connectivity index (χ4n) is 8.35. The van der Waals surface area contributed by atoms with Crippen molar-refractivity contribution >= 4 is 58.1 Å². The first-order chi connectivity index (χ1) is 26.7. The average molecular weight is 793 g/mol. The number of methoxy groups -OCH3 is 1. The van der Waals surface area contributed by atoms with Crippen LogP contribution in [0.5, 0.6) is 5.75 Å². The van der Waals surface area contributed by atoms with E-state index in [0.717, 1.165) is 72.3 Å². The number of halogens is 2. The molecule has 6 aromatic rings. The van der Waals surface area contributed by atoms with Crippen LogP contribution in [0.15, 0.2) is 103 Å². The summed E-state index contributed by atoms with van der Waals surface area (Å²) in [5.41, 5.74) is 8.44. The maximum absolute atomic E-state index is 15.1. The number of amides is 2. The van der Waals surface area contributed by atoms with Crippen LogP contribution in [0, 0.1) is 0 Å². The zero-order chi connectivity index (χ0) is 38.2. The van der Waals surface area contributed by atoms with E-state index >= 15 is 4.79 Å². The number of anilines is 2. The normalized spacial score (nSPS) is 15.0. The van der Waals surface area contributed by atoms with Crippen molar-refractivity contribution in [3.05, 3.63) is 136 Å². The van der Waals surface area contributed by atoms with Gasteiger partial charge < -0.3 is 28.8 Å². The van der Waals surface area contributed by atoms with E-state index in [1.807, 2.05) is 66.7 Å². The summed E-state index contributed by atoms with van der Waals surface area (Å²) in [6.45, 7) is 3.30. The van der Waals surface area contributed by atoms with Crippen LogP contribution in [-0.2, 0) is 37.7 Å². The molecule has 1 N–H and O–H groups in total. The monoisotopic (exact) mass is 791 g/mol. The molecule has 2 aliphatic heterocycles. The Hall–Kier alpha value is -5.06. The number of phenolic OH excluding ortho intramolecular Hbond substituents is 1. The van der Waals surface area contributed by atoms with Crippen molar-refractivity contribution in [3.63, 3.8) is 0 Å². The van der Waals surface area contributed by atoms with E-state index in [-0.39, 0.29) is 36.0 Å². The molecule has 2 aromatic heterocycles. The highest BCUT2D eigenvalue weighted by Crippen LogP contribution is 2.39. The van der Waals surface area contributed by atoms with Crippen molar-refractivity contribution in [1.82, 2.24) is 18.9 Å². The smallest absolute Gasteiger partial charge is 0.264 e. The van der Waals surface area contributed by atoms with Gasteiger partial charge in [-0.25, -0.2) is 0 Å². The van der Waals surface area contributed by atoms with Gasteiger partial charge in [-0.2, -0.15) is 0 Å². The number of likely N-dealkylation sites (N-methyl/N-ethyl adjacent to an activating group) is 1. The second-order valence-electron chi connectivity index (χ2n) is 14.8. The van der Waals surface area contributed by atoms with E-state index in [1.165, 1.54) is 5.56 Å². The Kier molecular flexibility index (Phi) is 11.6. The summed E-state index contributed by atoms with van der Waals surface area (Å²) in [6.07, 6.45) is 5.39. The summed E-state index contributed by atoms with van der Waals surface area (Å²) in [7, 11) is 5.78. The Morgan fingerprint density at radius 3 is 2.46 bits per heavy atom. The molecule has 0 unspecified atom stereocenters. The number of hydrogen-bond acceptors (Lipinski definition) is 5. The number of aromatic hydroxyl groups is 1. The maximum atomic E-state index is 15.1. The molecule has 0 spiro atoms. The van der Waals surface area contributed by atoms with E-state index in [0.29, 0.717) is 47.1 Å². The van der Waals surface area contributed by atoms with Gasteiger partial charge in [0.2, 0.25) is 0 Å². The van der Waals surface area contributed by atoms with Crippen LogP contribution in [0.25, 0.3) is 22.2 Å². The van der Waals surface area contributed by atoms with Gasteiger partial charge in [-0.3, -0.25) is 14.5 Å². The molecule has 0 radical (unpaired) electrons. The Morgan fingerprint density at radius 2 is 1.68 bits per heavy atom. The van der Waals surface area contributed by atoms with Gasteiger partial charge in [0.05, 0.1) is 12.2 Å². The SMILES string of the molecule is COCCN(C)C[C@@H]1Cc2ccccc2CN1C(=O)c1ccc(Cl)cc1-c1cc(C(=O)N(c2ccc(O)cc2)c2ccc3c(ccn3C)c2)c2n1CCCC2.Cl. The molecule has 0 fully saturated rings. The number of benzene rings is 4. The number of aryl methyl sites for hydroxylation is 1. The topological polar surface area (TPSA) is 83.2 Å². The number of carbonyl (C=O) groups is 2. The molecule has 11 heteroatoms. The number of phenols is 1. The summed E-state index contributed by atoms with van der Waals surface area (Å²) in [5.74, 6) is -0.121. The lowest BCUT2D eigenvalue weighted by Gasteiger charge is -2.39. The van der Waals surface area contributed by atoms with Gasteiger partial charge in [-0.05, 0) is 117 Å². The highest BCUT2D eigenvalue weighted by molar-refractivity contribution is 6.31. The average Bonchev–Trinajstić information content (AvgIpc) is 3.77. The van der Waals surface area contributed by atoms with E-state index in [9.17, 15) is 9.90 Å². The molecule has 0 bridgehead atoms. The molecule has 2 aliphatic rings. The number of aromatic nitrogens is 2. The first kappa shape index (κ1) is 39.2. The summed E-state index contributed by atoms with van der Waals surface area (Å²) < 4.78 is 9.62. The van der Waals surface area contributed by atoms with Gasteiger partial charge >= 0.3 is 0 Å². The molecule has 56 heavy (non-hydrogen) atoms. The van der Waals surface area contributed by atoms with E-state index < -0.39 is 0 Å². The van der Waals surface area contributed by atoms with Crippen molar-refractivity contribution in [2.45, 2.75) is 44.8 Å². The third-order valence-corrected chi connectivity index (χ3v) is 11.5. The molecule has 290 valence electrons. The fraction of sp³-hybridized carbons (Fsp3) is 0.289. The number of hydrogen-bond donors (Lipinski definition) is 1. The third-order valence-electron chi connectivity index (χ3n) is 11.2. The van der Waals surface area contributed by atoms with Crippen LogP contribution in [0.4, 0.5) is 11.4 Å². The van der Waals surface area contributed by atoms with Gasteiger partial charge in [-0.15, -0.1) is 12.4 Å². The number of nitrogens with zero attached hydrogens (tertiary/aromatic N) is 5. The van der Waals surface area contributed by atoms with Crippen molar-refractivity contribution in [2.75, 3.05) is 38.8 Å². The quantitative estimate of drug-likeness (QED) is 0.150. The molecule has 9 nitrogen and oxygen atoms in total. The number of rotatable bonds is 10. The van der Waals surface area contributed by atoms with Gasteiger partial charge in [0, 0.05) is 102 Å². The Morgan fingerprint density at radius 1 is 0.911 bits per heavy atom.